The third-order valence-electron chi connectivity index (χ3n) is 4.18. The van der Waals surface area contributed by atoms with E-state index in [9.17, 15) is 18.0 Å². The summed E-state index contributed by atoms with van der Waals surface area (Å²) in [6.45, 7) is 0. The lowest BCUT2D eigenvalue weighted by Crippen LogP contribution is -2.13. The Bertz CT molecular complexity index is 1160. The van der Waals surface area contributed by atoms with Gasteiger partial charge in [-0.25, -0.2) is 8.42 Å². The van der Waals surface area contributed by atoms with Crippen molar-refractivity contribution in [1.29, 1.82) is 0 Å². The topological polar surface area (TPSA) is 93.3 Å². The Morgan fingerprint density at radius 2 is 1.85 bits per heavy atom. The molecule has 0 aliphatic rings. The molecule has 0 radical (unpaired) electrons. The number of aromatic nitrogens is 1. The van der Waals surface area contributed by atoms with Gasteiger partial charge in [0.1, 0.15) is 0 Å². The van der Waals surface area contributed by atoms with Crippen LogP contribution in [-0.2, 0) is 25.8 Å². The predicted octanol–water partition coefficient (Wildman–Crippen LogP) is 3.17. The number of aromatic amines is 1. The largest absolute Gasteiger partial charge is 0.469 e. The van der Waals surface area contributed by atoms with Gasteiger partial charge in [0.05, 0.1) is 24.1 Å². The molecule has 0 unspecified atom stereocenters. The molecule has 1 heterocycles. The quantitative estimate of drug-likeness (QED) is 0.519. The van der Waals surface area contributed by atoms with E-state index in [1.807, 2.05) is 0 Å². The zero-order valence-corrected chi connectivity index (χ0v) is 16.1. The highest BCUT2D eigenvalue weighted by atomic mass is 35.5. The van der Waals surface area contributed by atoms with Crippen molar-refractivity contribution >= 4 is 44.1 Å². The summed E-state index contributed by atoms with van der Waals surface area (Å²) in [4.78, 5) is 27.9. The van der Waals surface area contributed by atoms with E-state index >= 15 is 0 Å². The minimum atomic E-state index is -3.61. The Morgan fingerprint density at radius 1 is 1.15 bits per heavy atom. The molecule has 0 saturated heterocycles. The Hall–Kier alpha value is -2.64. The van der Waals surface area contributed by atoms with E-state index in [4.69, 9.17) is 16.3 Å². The number of esters is 1. The van der Waals surface area contributed by atoms with Gasteiger partial charge in [0, 0.05) is 33.3 Å². The minimum Gasteiger partial charge on any atom is -0.469 e. The number of ketones is 1. The van der Waals surface area contributed by atoms with Gasteiger partial charge in [0.25, 0.3) is 0 Å². The Balaban J connectivity index is 2.24. The summed E-state index contributed by atoms with van der Waals surface area (Å²) in [6, 6.07) is 10.9. The van der Waals surface area contributed by atoms with Crippen molar-refractivity contribution in [3.8, 4) is 0 Å². The van der Waals surface area contributed by atoms with Gasteiger partial charge < -0.3 is 9.72 Å². The second-order valence-corrected chi connectivity index (χ2v) is 8.44. The fraction of sp³-hybridized carbons (Fsp3) is 0.158. The van der Waals surface area contributed by atoms with Crippen LogP contribution in [0, 0.1) is 0 Å². The van der Waals surface area contributed by atoms with Crippen molar-refractivity contribution in [1.82, 2.24) is 4.98 Å². The molecule has 0 spiro atoms. The van der Waals surface area contributed by atoms with Crippen LogP contribution in [0.25, 0.3) is 10.9 Å². The molecule has 1 aromatic heterocycles. The number of methoxy groups -OCH3 is 1. The monoisotopic (exact) mass is 405 g/mol. The Kier molecular flexibility index (Phi) is 5.08. The van der Waals surface area contributed by atoms with Crippen LogP contribution < -0.4 is 0 Å². The fourth-order valence-electron chi connectivity index (χ4n) is 2.93. The van der Waals surface area contributed by atoms with Gasteiger partial charge in [-0.2, -0.15) is 0 Å². The molecule has 1 N–H and O–H groups in total. The average Bonchev–Trinajstić information content (AvgIpc) is 2.97. The maximum absolute atomic E-state index is 13.2. The van der Waals surface area contributed by atoms with Crippen LogP contribution in [0.1, 0.15) is 21.6 Å². The molecule has 6 nitrogen and oxygen atoms in total. The molecule has 0 amide bonds. The number of halogens is 1. The summed E-state index contributed by atoms with van der Waals surface area (Å²) in [5, 5.41) is 1.11. The highest BCUT2D eigenvalue weighted by molar-refractivity contribution is 7.90. The van der Waals surface area contributed by atoms with Crippen LogP contribution >= 0.6 is 11.6 Å². The minimum absolute atomic E-state index is 0.0313. The summed E-state index contributed by atoms with van der Waals surface area (Å²) >= 11 is 6.02. The number of nitrogens with one attached hydrogen (secondary N) is 1. The third-order valence-corrected chi connectivity index (χ3v) is 5.57. The van der Waals surface area contributed by atoms with Crippen LogP contribution in [-0.4, -0.2) is 38.5 Å². The zero-order valence-electron chi connectivity index (χ0n) is 14.6. The van der Waals surface area contributed by atoms with E-state index in [0.29, 0.717) is 21.5 Å². The van der Waals surface area contributed by atoms with Crippen molar-refractivity contribution < 1.29 is 22.7 Å². The first kappa shape index (κ1) is 19.1. The van der Waals surface area contributed by atoms with Crippen molar-refractivity contribution in [2.75, 3.05) is 13.4 Å². The van der Waals surface area contributed by atoms with Gasteiger partial charge in [0.15, 0.2) is 9.84 Å². The molecular formula is C19H16ClNO5S. The normalized spacial score (nSPS) is 11.5. The van der Waals surface area contributed by atoms with Crippen molar-refractivity contribution in [3.63, 3.8) is 0 Å². The van der Waals surface area contributed by atoms with E-state index in [1.54, 1.807) is 30.3 Å². The molecule has 2 aromatic carbocycles. The highest BCUT2D eigenvalue weighted by Crippen LogP contribution is 2.29. The number of carbonyl (C=O) groups is 2. The number of rotatable bonds is 5. The molecule has 0 bridgehead atoms. The molecule has 8 heteroatoms. The van der Waals surface area contributed by atoms with E-state index in [2.05, 4.69) is 4.98 Å². The second-order valence-electron chi connectivity index (χ2n) is 6.02. The van der Waals surface area contributed by atoms with Crippen LogP contribution in [0.5, 0.6) is 0 Å². The number of H-pyrrole nitrogens is 1. The lowest BCUT2D eigenvalue weighted by molar-refractivity contribution is -0.139. The van der Waals surface area contributed by atoms with E-state index in [-0.39, 0.29) is 22.6 Å². The molecule has 27 heavy (non-hydrogen) atoms. The molecule has 0 aliphatic heterocycles. The Morgan fingerprint density at radius 3 is 2.52 bits per heavy atom. The van der Waals surface area contributed by atoms with Crippen LogP contribution in [0.4, 0.5) is 0 Å². The molecule has 3 rings (SSSR count). The maximum atomic E-state index is 13.2. The first-order chi connectivity index (χ1) is 12.7. The molecule has 3 aromatic rings. The summed E-state index contributed by atoms with van der Waals surface area (Å²) in [5.74, 6) is -1.04. The first-order valence-electron chi connectivity index (χ1n) is 7.93. The van der Waals surface area contributed by atoms with Crippen molar-refractivity contribution in [3.05, 3.63) is 64.3 Å². The molecule has 0 fully saturated rings. The molecule has 0 atom stereocenters. The first-order valence-corrected chi connectivity index (χ1v) is 10.2. The Labute approximate surface area is 161 Å². The second kappa shape index (κ2) is 7.17. The average molecular weight is 406 g/mol. The van der Waals surface area contributed by atoms with Crippen LogP contribution in [0.3, 0.4) is 0 Å². The van der Waals surface area contributed by atoms with Gasteiger partial charge in [-0.05, 0) is 24.3 Å². The lowest BCUT2D eigenvalue weighted by atomic mass is 10.0. The standard InChI is InChI=1S/C19H16ClNO5S/c1-26-17(22)10-14-12-8-7-11(20)9-15(12)21-18(14)19(23)13-5-3-4-6-16(13)27(2,24)25/h3-9,21H,10H2,1-2H3. The third kappa shape index (κ3) is 3.74. The summed E-state index contributed by atoms with van der Waals surface area (Å²) in [5.41, 5.74) is 1.17. The van der Waals surface area contributed by atoms with Gasteiger partial charge in [-0.15, -0.1) is 0 Å². The molecule has 140 valence electrons. The van der Waals surface area contributed by atoms with Gasteiger partial charge in [-0.3, -0.25) is 9.59 Å². The zero-order chi connectivity index (χ0) is 19.8. The fourth-order valence-corrected chi connectivity index (χ4v) is 3.99. The van der Waals surface area contributed by atoms with E-state index in [0.717, 1.165) is 6.26 Å². The summed E-state index contributed by atoms with van der Waals surface area (Å²) in [7, 11) is -2.35. The number of carbonyl (C=O) groups excluding carboxylic acids is 2. The highest BCUT2D eigenvalue weighted by Gasteiger charge is 2.25. The number of ether oxygens (including phenoxy) is 1. The van der Waals surface area contributed by atoms with Crippen LogP contribution in [0.2, 0.25) is 5.02 Å². The molecule has 0 saturated carbocycles. The van der Waals surface area contributed by atoms with Crippen molar-refractivity contribution in [2.45, 2.75) is 11.3 Å². The van der Waals surface area contributed by atoms with Gasteiger partial charge >= 0.3 is 5.97 Å². The smallest absolute Gasteiger partial charge is 0.310 e. The SMILES string of the molecule is COC(=O)Cc1c(C(=O)c2ccccc2S(C)(=O)=O)[nH]c2cc(Cl)ccc12. The number of hydrogen-bond donors (Lipinski definition) is 1. The van der Waals surface area contributed by atoms with Gasteiger partial charge in [-0.1, -0.05) is 29.8 Å². The van der Waals surface area contributed by atoms with Gasteiger partial charge in [0.2, 0.25) is 5.78 Å². The molecule has 0 aliphatic carbocycles. The van der Waals surface area contributed by atoms with E-state index in [1.165, 1.54) is 19.2 Å². The maximum Gasteiger partial charge on any atom is 0.310 e. The van der Waals surface area contributed by atoms with E-state index < -0.39 is 21.6 Å². The lowest BCUT2D eigenvalue weighted by Gasteiger charge is -2.08. The number of hydrogen-bond acceptors (Lipinski definition) is 5. The summed E-state index contributed by atoms with van der Waals surface area (Å²) in [6.07, 6.45) is 0.902. The number of benzene rings is 2. The van der Waals surface area contributed by atoms with Crippen molar-refractivity contribution in [2.24, 2.45) is 0 Å². The number of fused-ring (bicyclic) bond motifs is 1. The van der Waals surface area contributed by atoms with Crippen LogP contribution in [0.15, 0.2) is 47.4 Å². The summed E-state index contributed by atoms with van der Waals surface area (Å²) < 4.78 is 28.9. The number of sulfone groups is 1. The molecular weight excluding hydrogens is 390 g/mol. The predicted molar refractivity (Wildman–Crippen MR) is 102 cm³/mol.